The van der Waals surface area contributed by atoms with E-state index in [0.717, 1.165) is 45.6 Å². The Labute approximate surface area is 135 Å². The number of hydrogen-bond acceptors (Lipinski definition) is 6. The van der Waals surface area contributed by atoms with Crippen molar-refractivity contribution in [1.29, 1.82) is 0 Å². The van der Waals surface area contributed by atoms with Gasteiger partial charge in [-0.1, -0.05) is 4.49 Å². The fourth-order valence-corrected chi connectivity index (χ4v) is 4.34. The Kier molecular flexibility index (Phi) is 5.05. The summed E-state index contributed by atoms with van der Waals surface area (Å²) < 4.78 is 9.06. The highest BCUT2D eigenvalue weighted by molar-refractivity contribution is 7.03. The molecule has 0 saturated carbocycles. The number of nitrogens with zero attached hydrogens (tertiary/aromatic N) is 4. The number of carbonyl (C=O) groups is 1. The molecule has 2 fully saturated rings. The second kappa shape index (κ2) is 7.02. The Morgan fingerprint density at radius 2 is 2.14 bits per heavy atom. The Balaban J connectivity index is 1.65. The van der Waals surface area contributed by atoms with Gasteiger partial charge >= 0.3 is 0 Å². The lowest BCUT2D eigenvalue weighted by molar-refractivity contribution is 0.0693. The lowest BCUT2D eigenvalue weighted by Gasteiger charge is -2.38. The summed E-state index contributed by atoms with van der Waals surface area (Å²) in [5, 5.41) is 5.66. The van der Waals surface area contributed by atoms with E-state index in [9.17, 15) is 4.79 Å². The Morgan fingerprint density at radius 3 is 2.86 bits per heavy atom. The van der Waals surface area contributed by atoms with Gasteiger partial charge in [-0.3, -0.25) is 9.69 Å². The van der Waals surface area contributed by atoms with Crippen molar-refractivity contribution in [3.63, 3.8) is 0 Å². The average Bonchev–Trinajstić information content (AvgIpc) is 3.13. The molecule has 0 aromatic carbocycles. The maximum atomic E-state index is 12.5. The van der Waals surface area contributed by atoms with Crippen molar-refractivity contribution in [2.45, 2.75) is 37.6 Å². The molecule has 1 spiro atoms. The van der Waals surface area contributed by atoms with Crippen molar-refractivity contribution in [3.05, 3.63) is 11.1 Å². The molecule has 122 valence electrons. The smallest absolute Gasteiger partial charge is 0.275 e. The van der Waals surface area contributed by atoms with Crippen LogP contribution in [0.4, 0.5) is 0 Å². The summed E-state index contributed by atoms with van der Waals surface area (Å²) in [7, 11) is 1.76. The van der Waals surface area contributed by atoms with Crippen LogP contribution in [0.2, 0.25) is 0 Å². The number of rotatable bonds is 4. The van der Waals surface area contributed by atoms with Crippen LogP contribution in [0.5, 0.6) is 0 Å². The van der Waals surface area contributed by atoms with E-state index in [1.54, 1.807) is 12.5 Å². The molecule has 0 bridgehead atoms. The first-order valence-electron chi connectivity index (χ1n) is 8.05. The number of amides is 1. The maximum absolute atomic E-state index is 12.5. The molecular weight excluding hydrogens is 300 g/mol. The van der Waals surface area contributed by atoms with Crippen LogP contribution in [0.25, 0.3) is 0 Å². The van der Waals surface area contributed by atoms with Gasteiger partial charge in [-0.25, -0.2) is 0 Å². The van der Waals surface area contributed by atoms with Gasteiger partial charge in [0, 0.05) is 37.7 Å². The summed E-state index contributed by atoms with van der Waals surface area (Å²) in [5.41, 5.74) is 0.761. The van der Waals surface area contributed by atoms with Gasteiger partial charge in [0.05, 0.1) is 6.61 Å². The summed E-state index contributed by atoms with van der Waals surface area (Å²) in [6.07, 6.45) is 5.80. The molecule has 0 radical (unpaired) electrons. The van der Waals surface area contributed by atoms with E-state index in [2.05, 4.69) is 14.5 Å². The standard InChI is InChI=1S/C15H24N4O2S/c1-21-11-10-19-8-3-5-15(19)4-2-7-18(9-6-15)14(20)13-12-22-17-16-13/h12H,2-11H2,1H3. The van der Waals surface area contributed by atoms with Crippen molar-refractivity contribution in [2.24, 2.45) is 0 Å². The molecule has 2 aliphatic heterocycles. The zero-order chi connectivity index (χ0) is 15.4. The quantitative estimate of drug-likeness (QED) is 0.843. The first kappa shape index (κ1) is 15.8. The van der Waals surface area contributed by atoms with Gasteiger partial charge in [-0.05, 0) is 50.2 Å². The number of aromatic nitrogens is 2. The maximum Gasteiger partial charge on any atom is 0.275 e. The van der Waals surface area contributed by atoms with E-state index in [1.165, 1.54) is 30.8 Å². The van der Waals surface area contributed by atoms with Gasteiger partial charge in [0.2, 0.25) is 0 Å². The van der Waals surface area contributed by atoms with Crippen LogP contribution in [0.15, 0.2) is 5.38 Å². The minimum atomic E-state index is 0.0345. The summed E-state index contributed by atoms with van der Waals surface area (Å²) in [4.78, 5) is 17.0. The molecule has 3 rings (SSSR count). The van der Waals surface area contributed by atoms with E-state index in [1.807, 2.05) is 4.90 Å². The van der Waals surface area contributed by atoms with Crippen LogP contribution >= 0.6 is 11.5 Å². The number of ether oxygens (including phenoxy) is 1. The highest BCUT2D eigenvalue weighted by Crippen LogP contribution is 2.38. The second-order valence-corrected chi connectivity index (χ2v) is 6.85. The van der Waals surface area contributed by atoms with Crippen LogP contribution in [-0.2, 0) is 4.74 Å². The molecule has 2 saturated heterocycles. The molecule has 0 aliphatic carbocycles. The van der Waals surface area contributed by atoms with Crippen LogP contribution in [0.3, 0.4) is 0 Å². The molecule has 1 unspecified atom stereocenters. The topological polar surface area (TPSA) is 58.6 Å². The van der Waals surface area contributed by atoms with Gasteiger partial charge in [0.1, 0.15) is 0 Å². The highest BCUT2D eigenvalue weighted by atomic mass is 32.1. The summed E-state index contributed by atoms with van der Waals surface area (Å²) in [6.45, 7) is 4.60. The first-order valence-corrected chi connectivity index (χ1v) is 8.89. The van der Waals surface area contributed by atoms with Crippen molar-refractivity contribution >= 4 is 17.4 Å². The third-order valence-corrected chi connectivity index (χ3v) is 5.59. The summed E-state index contributed by atoms with van der Waals surface area (Å²) >= 11 is 1.23. The molecule has 1 aromatic rings. The van der Waals surface area contributed by atoms with Crippen molar-refractivity contribution in [1.82, 2.24) is 19.4 Å². The molecule has 6 nitrogen and oxygen atoms in total. The molecule has 22 heavy (non-hydrogen) atoms. The van der Waals surface area contributed by atoms with E-state index in [-0.39, 0.29) is 11.4 Å². The lowest BCUT2D eigenvalue weighted by Crippen LogP contribution is -2.46. The summed E-state index contributed by atoms with van der Waals surface area (Å²) in [6, 6.07) is 0. The fourth-order valence-electron chi connectivity index (χ4n) is 3.91. The van der Waals surface area contributed by atoms with E-state index >= 15 is 0 Å². The monoisotopic (exact) mass is 324 g/mol. The second-order valence-electron chi connectivity index (χ2n) is 6.24. The molecule has 1 atom stereocenters. The van der Waals surface area contributed by atoms with Crippen molar-refractivity contribution in [3.8, 4) is 0 Å². The Bertz CT molecular complexity index is 496. The number of hydrogen-bond donors (Lipinski definition) is 0. The first-order chi connectivity index (χ1) is 10.7. The normalized spacial score (nSPS) is 26.5. The predicted octanol–water partition coefficient (Wildman–Crippen LogP) is 1.65. The fraction of sp³-hybridized carbons (Fsp3) is 0.800. The minimum absolute atomic E-state index is 0.0345. The number of carbonyl (C=O) groups excluding carboxylic acids is 1. The Hall–Kier alpha value is -1.05. The third kappa shape index (κ3) is 3.16. The van der Waals surface area contributed by atoms with Crippen LogP contribution < -0.4 is 0 Å². The lowest BCUT2D eigenvalue weighted by atomic mass is 9.88. The average molecular weight is 324 g/mol. The van der Waals surface area contributed by atoms with E-state index < -0.39 is 0 Å². The van der Waals surface area contributed by atoms with Crippen LogP contribution in [0, 0.1) is 0 Å². The highest BCUT2D eigenvalue weighted by Gasteiger charge is 2.41. The zero-order valence-electron chi connectivity index (χ0n) is 13.2. The van der Waals surface area contributed by atoms with Crippen LogP contribution in [-0.4, -0.2) is 70.7 Å². The van der Waals surface area contributed by atoms with Crippen molar-refractivity contribution in [2.75, 3.05) is 39.9 Å². The van der Waals surface area contributed by atoms with Gasteiger partial charge < -0.3 is 9.64 Å². The molecule has 1 aromatic heterocycles. The molecule has 2 aliphatic rings. The number of methoxy groups -OCH3 is 1. The number of likely N-dealkylation sites (tertiary alicyclic amines) is 2. The van der Waals surface area contributed by atoms with Crippen LogP contribution in [0.1, 0.15) is 42.6 Å². The Morgan fingerprint density at radius 1 is 1.32 bits per heavy atom. The van der Waals surface area contributed by atoms with E-state index in [4.69, 9.17) is 4.74 Å². The van der Waals surface area contributed by atoms with Gasteiger partial charge in [0.15, 0.2) is 5.69 Å². The zero-order valence-corrected chi connectivity index (χ0v) is 14.0. The molecule has 1 amide bonds. The van der Waals surface area contributed by atoms with Gasteiger partial charge in [-0.15, -0.1) is 5.10 Å². The third-order valence-electron chi connectivity index (χ3n) is 5.09. The SMILES string of the molecule is COCCN1CCCC12CCCN(C(=O)c1csnn1)CC2. The van der Waals surface area contributed by atoms with Gasteiger partial charge in [0.25, 0.3) is 5.91 Å². The minimum Gasteiger partial charge on any atom is -0.383 e. The largest absolute Gasteiger partial charge is 0.383 e. The predicted molar refractivity (Wildman–Crippen MR) is 85.1 cm³/mol. The van der Waals surface area contributed by atoms with Crippen molar-refractivity contribution < 1.29 is 9.53 Å². The molecule has 0 N–H and O–H groups in total. The molecule has 7 heteroatoms. The molecule has 3 heterocycles. The van der Waals surface area contributed by atoms with E-state index in [0.29, 0.717) is 5.69 Å². The molecular formula is C15H24N4O2S. The summed E-state index contributed by atoms with van der Waals surface area (Å²) in [5.74, 6) is 0.0345. The van der Waals surface area contributed by atoms with Gasteiger partial charge in [-0.2, -0.15) is 0 Å².